The summed E-state index contributed by atoms with van der Waals surface area (Å²) in [6.45, 7) is 4.36. The van der Waals surface area contributed by atoms with Gasteiger partial charge in [0.05, 0.1) is 13.2 Å². The molecule has 2 rings (SSSR count). The molecule has 0 bridgehead atoms. The molecule has 1 aromatic carbocycles. The van der Waals surface area contributed by atoms with Crippen molar-refractivity contribution in [2.24, 2.45) is 0 Å². The lowest BCUT2D eigenvalue weighted by Gasteiger charge is -2.26. The fourth-order valence-electron chi connectivity index (χ4n) is 1.81. The standard InChI is InChI=1S/C11H16BNO4/c14-12(15)17-11-3-1-10(2-4-11)9-13-5-7-16-8-6-13/h1-4,14-15H,5-9H2. The number of rotatable bonds is 4. The van der Waals surface area contributed by atoms with Gasteiger partial charge in [0.15, 0.2) is 0 Å². The van der Waals surface area contributed by atoms with E-state index >= 15 is 0 Å². The molecule has 1 saturated heterocycles. The molecule has 0 spiro atoms. The van der Waals surface area contributed by atoms with E-state index in [0.717, 1.165) is 32.8 Å². The Kier molecular flexibility index (Phi) is 4.39. The molecule has 1 aliphatic rings. The summed E-state index contributed by atoms with van der Waals surface area (Å²) < 4.78 is 10.0. The van der Waals surface area contributed by atoms with Crippen LogP contribution in [-0.4, -0.2) is 48.6 Å². The largest absolute Gasteiger partial charge is 0.707 e. The second-order valence-corrected chi connectivity index (χ2v) is 3.98. The molecule has 0 amide bonds. The smallest absolute Gasteiger partial charge is 0.512 e. The van der Waals surface area contributed by atoms with Crippen LogP contribution in [0.5, 0.6) is 5.75 Å². The van der Waals surface area contributed by atoms with Gasteiger partial charge in [-0.15, -0.1) is 0 Å². The van der Waals surface area contributed by atoms with Crippen LogP contribution < -0.4 is 4.65 Å². The van der Waals surface area contributed by atoms with E-state index < -0.39 is 7.32 Å². The summed E-state index contributed by atoms with van der Waals surface area (Å²) in [4.78, 5) is 2.32. The van der Waals surface area contributed by atoms with Gasteiger partial charge in [-0.25, -0.2) is 0 Å². The Morgan fingerprint density at radius 1 is 1.18 bits per heavy atom. The Morgan fingerprint density at radius 2 is 1.82 bits per heavy atom. The first-order valence-electron chi connectivity index (χ1n) is 5.66. The third-order valence-electron chi connectivity index (χ3n) is 2.67. The van der Waals surface area contributed by atoms with E-state index in [4.69, 9.17) is 19.4 Å². The highest BCUT2D eigenvalue weighted by Gasteiger charge is 2.12. The molecule has 0 aliphatic carbocycles. The Labute approximate surface area is 101 Å². The van der Waals surface area contributed by atoms with Crippen molar-refractivity contribution in [2.75, 3.05) is 26.3 Å². The summed E-state index contributed by atoms with van der Waals surface area (Å²) in [7, 11) is -1.76. The van der Waals surface area contributed by atoms with Crippen LogP contribution >= 0.6 is 0 Å². The third kappa shape index (κ3) is 4.01. The first kappa shape index (κ1) is 12.4. The van der Waals surface area contributed by atoms with Gasteiger partial charge < -0.3 is 19.4 Å². The van der Waals surface area contributed by atoms with Crippen molar-refractivity contribution in [2.45, 2.75) is 6.54 Å². The summed E-state index contributed by atoms with van der Waals surface area (Å²) in [5.41, 5.74) is 1.17. The Balaban J connectivity index is 1.88. The van der Waals surface area contributed by atoms with Crippen molar-refractivity contribution >= 4 is 7.32 Å². The molecular weight excluding hydrogens is 221 g/mol. The van der Waals surface area contributed by atoms with E-state index in [1.165, 1.54) is 5.56 Å². The summed E-state index contributed by atoms with van der Waals surface area (Å²) in [5.74, 6) is 0.450. The number of morpholine rings is 1. The number of hydrogen-bond donors (Lipinski definition) is 2. The highest BCUT2D eigenvalue weighted by atomic mass is 16.6. The van der Waals surface area contributed by atoms with Gasteiger partial charge in [0, 0.05) is 19.6 Å². The second kappa shape index (κ2) is 6.02. The van der Waals surface area contributed by atoms with Gasteiger partial charge >= 0.3 is 7.32 Å². The summed E-state index contributed by atoms with van der Waals surface area (Å²) in [6, 6.07) is 7.31. The zero-order chi connectivity index (χ0) is 12.1. The van der Waals surface area contributed by atoms with E-state index in [1.54, 1.807) is 12.1 Å². The van der Waals surface area contributed by atoms with Crippen LogP contribution in [-0.2, 0) is 11.3 Å². The Hall–Kier alpha value is -1.08. The van der Waals surface area contributed by atoms with Gasteiger partial charge in [-0.05, 0) is 17.7 Å². The van der Waals surface area contributed by atoms with Crippen molar-refractivity contribution in [3.63, 3.8) is 0 Å². The highest BCUT2D eigenvalue weighted by Crippen LogP contribution is 2.14. The third-order valence-corrected chi connectivity index (χ3v) is 2.67. The van der Waals surface area contributed by atoms with Gasteiger partial charge in [0.25, 0.3) is 0 Å². The number of nitrogens with zero attached hydrogens (tertiary/aromatic N) is 1. The van der Waals surface area contributed by atoms with E-state index in [9.17, 15) is 0 Å². The van der Waals surface area contributed by atoms with Crippen LogP contribution in [0.3, 0.4) is 0 Å². The Morgan fingerprint density at radius 3 is 2.41 bits per heavy atom. The normalized spacial score (nSPS) is 16.8. The quantitative estimate of drug-likeness (QED) is 0.714. The molecule has 0 saturated carbocycles. The highest BCUT2D eigenvalue weighted by molar-refractivity contribution is 6.33. The van der Waals surface area contributed by atoms with Crippen LogP contribution in [0.25, 0.3) is 0 Å². The molecule has 1 aliphatic heterocycles. The first-order chi connectivity index (χ1) is 8.24. The average molecular weight is 237 g/mol. The van der Waals surface area contributed by atoms with E-state index in [1.807, 2.05) is 12.1 Å². The van der Waals surface area contributed by atoms with Crippen LogP contribution in [0, 0.1) is 0 Å². The maximum Gasteiger partial charge on any atom is 0.707 e. The van der Waals surface area contributed by atoms with Gasteiger partial charge in [-0.3, -0.25) is 4.90 Å². The molecule has 1 aromatic rings. The van der Waals surface area contributed by atoms with E-state index in [2.05, 4.69) is 4.90 Å². The second-order valence-electron chi connectivity index (χ2n) is 3.98. The zero-order valence-electron chi connectivity index (χ0n) is 9.58. The molecule has 2 N–H and O–H groups in total. The van der Waals surface area contributed by atoms with Gasteiger partial charge in [-0.2, -0.15) is 0 Å². The van der Waals surface area contributed by atoms with E-state index in [0.29, 0.717) is 5.75 Å². The fraction of sp³-hybridized carbons (Fsp3) is 0.455. The number of hydrogen-bond acceptors (Lipinski definition) is 5. The molecule has 5 nitrogen and oxygen atoms in total. The van der Waals surface area contributed by atoms with Crippen molar-refractivity contribution in [1.29, 1.82) is 0 Å². The Bertz CT molecular complexity index is 338. The molecule has 0 radical (unpaired) electrons. The van der Waals surface area contributed by atoms with Gasteiger partial charge in [-0.1, -0.05) is 12.1 Å². The molecular formula is C11H16BNO4. The lowest BCUT2D eigenvalue weighted by Crippen LogP contribution is -2.35. The zero-order valence-corrected chi connectivity index (χ0v) is 9.58. The molecule has 6 heteroatoms. The van der Waals surface area contributed by atoms with Gasteiger partial charge in [0.1, 0.15) is 5.75 Å². The lowest BCUT2D eigenvalue weighted by molar-refractivity contribution is 0.0342. The lowest BCUT2D eigenvalue weighted by atomic mass is 10.2. The van der Waals surface area contributed by atoms with Crippen LogP contribution in [0.4, 0.5) is 0 Å². The van der Waals surface area contributed by atoms with Crippen molar-refractivity contribution in [3.8, 4) is 5.75 Å². The summed E-state index contributed by atoms with van der Waals surface area (Å²) >= 11 is 0. The minimum Gasteiger partial charge on any atom is -0.512 e. The summed E-state index contributed by atoms with van der Waals surface area (Å²) in [5, 5.41) is 17.3. The van der Waals surface area contributed by atoms with Crippen molar-refractivity contribution < 1.29 is 19.4 Å². The maximum absolute atomic E-state index is 8.65. The van der Waals surface area contributed by atoms with E-state index in [-0.39, 0.29) is 0 Å². The minimum atomic E-state index is -1.76. The summed E-state index contributed by atoms with van der Waals surface area (Å²) in [6.07, 6.45) is 0. The molecule has 0 unspecified atom stereocenters. The SMILES string of the molecule is OB(O)Oc1ccc(CN2CCOCC2)cc1. The predicted molar refractivity (Wildman–Crippen MR) is 63.4 cm³/mol. The maximum atomic E-state index is 8.65. The van der Waals surface area contributed by atoms with Crippen LogP contribution in [0.2, 0.25) is 0 Å². The van der Waals surface area contributed by atoms with Crippen LogP contribution in [0.1, 0.15) is 5.56 Å². The molecule has 17 heavy (non-hydrogen) atoms. The van der Waals surface area contributed by atoms with Gasteiger partial charge in [0.2, 0.25) is 0 Å². The monoisotopic (exact) mass is 237 g/mol. The topological polar surface area (TPSA) is 62.2 Å². The first-order valence-corrected chi connectivity index (χ1v) is 5.66. The van der Waals surface area contributed by atoms with Crippen molar-refractivity contribution in [3.05, 3.63) is 29.8 Å². The van der Waals surface area contributed by atoms with Crippen molar-refractivity contribution in [1.82, 2.24) is 4.90 Å². The predicted octanol–water partition coefficient (Wildman–Crippen LogP) is -0.133. The molecule has 92 valence electrons. The molecule has 1 fully saturated rings. The average Bonchev–Trinajstić information content (AvgIpc) is 2.32. The minimum absolute atomic E-state index is 0.450. The molecule has 1 heterocycles. The number of benzene rings is 1. The fourth-order valence-corrected chi connectivity index (χ4v) is 1.81. The molecule has 0 atom stereocenters. The molecule has 0 aromatic heterocycles. The van der Waals surface area contributed by atoms with Crippen LogP contribution in [0.15, 0.2) is 24.3 Å². The number of ether oxygens (including phenoxy) is 1.